The van der Waals surface area contributed by atoms with E-state index in [1.54, 1.807) is 0 Å². The average Bonchev–Trinajstić information content (AvgIpc) is 3.12. The monoisotopic (exact) mass is 287 g/mol. The molecule has 1 fully saturated rings. The van der Waals surface area contributed by atoms with E-state index < -0.39 is 17.6 Å². The molecule has 1 atom stereocenters. The van der Waals surface area contributed by atoms with Gasteiger partial charge in [0.2, 0.25) is 0 Å². The number of alkyl halides is 3. The number of hydrogen-bond acceptors (Lipinski definition) is 3. The average molecular weight is 287 g/mol. The van der Waals surface area contributed by atoms with Gasteiger partial charge in [0.25, 0.3) is 0 Å². The lowest BCUT2D eigenvalue weighted by molar-refractivity contribution is -0.140. The molecule has 3 rings (SSSR count). The lowest BCUT2D eigenvalue weighted by atomic mass is 10.0. The van der Waals surface area contributed by atoms with Crippen molar-refractivity contribution in [3.05, 3.63) is 35.1 Å². The van der Waals surface area contributed by atoms with Gasteiger partial charge in [-0.15, -0.1) is 0 Å². The van der Waals surface area contributed by atoms with E-state index in [4.69, 9.17) is 5.73 Å². The summed E-state index contributed by atoms with van der Waals surface area (Å²) in [6.07, 6.45) is -2.78. The largest absolute Gasteiger partial charge is 0.419 e. The highest BCUT2D eigenvalue weighted by Gasteiger charge is 2.40. The van der Waals surface area contributed by atoms with Gasteiger partial charge in [-0.05, 0) is 30.5 Å². The standard InChI is InChI=1S/C13H13F4N3/c14-10-4-1-7(5-9(10)13(15,16)17)11-6-19-12(18)20(11)8-2-3-8/h1,4-5,8,11H,2-3,6H2,(H2,18,19). The lowest BCUT2D eigenvalue weighted by Gasteiger charge is -2.27. The maximum Gasteiger partial charge on any atom is 0.419 e. The van der Waals surface area contributed by atoms with Crippen molar-refractivity contribution >= 4 is 5.96 Å². The number of rotatable bonds is 2. The van der Waals surface area contributed by atoms with Crippen molar-refractivity contribution in [3.63, 3.8) is 0 Å². The van der Waals surface area contributed by atoms with Crippen LogP contribution in [-0.2, 0) is 6.18 Å². The van der Waals surface area contributed by atoms with E-state index in [2.05, 4.69) is 4.99 Å². The van der Waals surface area contributed by atoms with Crippen LogP contribution in [0.5, 0.6) is 0 Å². The van der Waals surface area contributed by atoms with E-state index in [0.29, 0.717) is 18.1 Å². The Labute approximate surface area is 113 Å². The van der Waals surface area contributed by atoms with Crippen molar-refractivity contribution in [3.8, 4) is 0 Å². The highest BCUT2D eigenvalue weighted by molar-refractivity contribution is 5.81. The highest BCUT2D eigenvalue weighted by Crippen LogP contribution is 2.39. The predicted octanol–water partition coefficient (Wildman–Crippen LogP) is 2.68. The highest BCUT2D eigenvalue weighted by atomic mass is 19.4. The molecule has 0 spiro atoms. The molecule has 1 aliphatic heterocycles. The maximum atomic E-state index is 13.3. The van der Waals surface area contributed by atoms with Gasteiger partial charge in [-0.1, -0.05) is 6.07 Å². The van der Waals surface area contributed by atoms with Crippen LogP contribution >= 0.6 is 0 Å². The van der Waals surface area contributed by atoms with Crippen LogP contribution in [0.25, 0.3) is 0 Å². The summed E-state index contributed by atoms with van der Waals surface area (Å²) in [7, 11) is 0. The molecule has 0 saturated heterocycles. The molecule has 1 saturated carbocycles. The summed E-state index contributed by atoms with van der Waals surface area (Å²) < 4.78 is 51.6. The van der Waals surface area contributed by atoms with Gasteiger partial charge in [-0.3, -0.25) is 4.99 Å². The molecule has 1 aromatic rings. The van der Waals surface area contributed by atoms with Gasteiger partial charge in [0.1, 0.15) is 5.82 Å². The second-order valence-electron chi connectivity index (χ2n) is 5.09. The second kappa shape index (κ2) is 4.36. The van der Waals surface area contributed by atoms with E-state index in [1.165, 1.54) is 6.07 Å². The Hall–Kier alpha value is -1.79. The fourth-order valence-electron chi connectivity index (χ4n) is 2.54. The molecule has 20 heavy (non-hydrogen) atoms. The Bertz CT molecular complexity index is 563. The zero-order valence-electron chi connectivity index (χ0n) is 10.5. The van der Waals surface area contributed by atoms with E-state index in [0.717, 1.165) is 25.0 Å². The zero-order valence-corrected chi connectivity index (χ0v) is 10.5. The summed E-state index contributed by atoms with van der Waals surface area (Å²) in [5, 5.41) is 0. The number of guanidine groups is 1. The number of hydrogen-bond donors (Lipinski definition) is 1. The van der Waals surface area contributed by atoms with Crippen LogP contribution in [0.2, 0.25) is 0 Å². The third kappa shape index (κ3) is 2.21. The summed E-state index contributed by atoms with van der Waals surface area (Å²) in [4.78, 5) is 5.94. The predicted molar refractivity (Wildman–Crippen MR) is 65.5 cm³/mol. The Morgan fingerprint density at radius 1 is 1.25 bits per heavy atom. The van der Waals surface area contributed by atoms with E-state index >= 15 is 0 Å². The molecule has 1 aromatic carbocycles. The van der Waals surface area contributed by atoms with Crippen LogP contribution in [0.3, 0.4) is 0 Å². The van der Waals surface area contributed by atoms with E-state index in [9.17, 15) is 17.6 Å². The van der Waals surface area contributed by atoms with Crippen molar-refractivity contribution in [1.82, 2.24) is 4.90 Å². The van der Waals surface area contributed by atoms with Gasteiger partial charge in [0.05, 0.1) is 18.2 Å². The molecule has 1 unspecified atom stereocenters. The first kappa shape index (κ1) is 13.2. The number of halogens is 4. The maximum absolute atomic E-state index is 13.3. The SMILES string of the molecule is NC1=NCC(c2ccc(F)c(C(F)(F)F)c2)N1C1CC1. The van der Waals surface area contributed by atoms with Crippen LogP contribution in [-0.4, -0.2) is 23.4 Å². The lowest BCUT2D eigenvalue weighted by Crippen LogP contribution is -2.37. The summed E-state index contributed by atoms with van der Waals surface area (Å²) in [6, 6.07) is 3.01. The minimum absolute atomic E-state index is 0.241. The van der Waals surface area contributed by atoms with Crippen molar-refractivity contribution < 1.29 is 17.6 Å². The van der Waals surface area contributed by atoms with Crippen molar-refractivity contribution in [1.29, 1.82) is 0 Å². The molecule has 108 valence electrons. The minimum Gasteiger partial charge on any atom is -0.370 e. The minimum atomic E-state index is -4.70. The third-order valence-corrected chi connectivity index (χ3v) is 3.65. The summed E-state index contributed by atoms with van der Waals surface area (Å²) in [5.74, 6) is -0.901. The van der Waals surface area contributed by atoms with Crippen LogP contribution in [0, 0.1) is 5.82 Å². The molecule has 1 heterocycles. The van der Waals surface area contributed by atoms with E-state index in [-0.39, 0.29) is 12.1 Å². The second-order valence-corrected chi connectivity index (χ2v) is 5.09. The zero-order chi connectivity index (χ0) is 14.5. The molecule has 2 aliphatic rings. The molecule has 1 aliphatic carbocycles. The van der Waals surface area contributed by atoms with Gasteiger partial charge in [-0.2, -0.15) is 13.2 Å². The Morgan fingerprint density at radius 3 is 2.55 bits per heavy atom. The Balaban J connectivity index is 1.95. The molecular weight excluding hydrogens is 274 g/mol. The fourth-order valence-corrected chi connectivity index (χ4v) is 2.54. The first-order chi connectivity index (χ1) is 9.38. The summed E-state index contributed by atoms with van der Waals surface area (Å²) in [6.45, 7) is 0.311. The van der Waals surface area contributed by atoms with Crippen LogP contribution in [0.15, 0.2) is 23.2 Å². The smallest absolute Gasteiger partial charge is 0.370 e. The van der Waals surface area contributed by atoms with Gasteiger partial charge in [0.15, 0.2) is 5.96 Å². The molecule has 3 nitrogen and oxygen atoms in total. The Morgan fingerprint density at radius 2 is 1.95 bits per heavy atom. The van der Waals surface area contributed by atoms with Gasteiger partial charge < -0.3 is 10.6 Å². The van der Waals surface area contributed by atoms with Gasteiger partial charge >= 0.3 is 6.18 Å². The fraction of sp³-hybridized carbons (Fsp3) is 0.462. The quantitative estimate of drug-likeness (QED) is 0.850. The molecule has 0 amide bonds. The van der Waals surface area contributed by atoms with Crippen LogP contribution < -0.4 is 5.73 Å². The molecule has 0 aromatic heterocycles. The van der Waals surface area contributed by atoms with Crippen molar-refractivity contribution in [2.24, 2.45) is 10.7 Å². The number of nitrogens with zero attached hydrogens (tertiary/aromatic N) is 2. The molecule has 0 radical (unpaired) electrons. The van der Waals surface area contributed by atoms with Crippen LogP contribution in [0.1, 0.15) is 30.0 Å². The molecule has 2 N–H and O–H groups in total. The molecule has 7 heteroatoms. The van der Waals surface area contributed by atoms with Crippen molar-refractivity contribution in [2.45, 2.75) is 31.1 Å². The van der Waals surface area contributed by atoms with Gasteiger partial charge in [-0.25, -0.2) is 4.39 Å². The molecular formula is C13H13F4N3. The summed E-state index contributed by atoms with van der Waals surface area (Å²) >= 11 is 0. The number of aliphatic imine (C=N–C) groups is 1. The third-order valence-electron chi connectivity index (χ3n) is 3.65. The van der Waals surface area contributed by atoms with Gasteiger partial charge in [0, 0.05) is 6.04 Å². The van der Waals surface area contributed by atoms with E-state index in [1.807, 2.05) is 4.90 Å². The Kier molecular flexibility index (Phi) is 2.88. The first-order valence-electron chi connectivity index (χ1n) is 6.33. The van der Waals surface area contributed by atoms with Crippen LogP contribution in [0.4, 0.5) is 17.6 Å². The number of nitrogens with two attached hydrogens (primary N) is 1. The summed E-state index contributed by atoms with van der Waals surface area (Å²) in [5.41, 5.74) is 4.94. The molecule has 0 bridgehead atoms. The van der Waals surface area contributed by atoms with Crippen molar-refractivity contribution in [2.75, 3.05) is 6.54 Å². The normalized spacial score (nSPS) is 23.1. The number of benzene rings is 1. The first-order valence-corrected chi connectivity index (χ1v) is 6.33. The topological polar surface area (TPSA) is 41.6 Å².